The fourth-order valence-corrected chi connectivity index (χ4v) is 3.51. The summed E-state index contributed by atoms with van der Waals surface area (Å²) in [5.74, 6) is -0.195. The van der Waals surface area contributed by atoms with Crippen LogP contribution in [0.1, 0.15) is 36.5 Å². The van der Waals surface area contributed by atoms with Crippen LogP contribution in [-0.2, 0) is 10.9 Å². The first-order valence-corrected chi connectivity index (χ1v) is 10.6. The van der Waals surface area contributed by atoms with E-state index in [2.05, 4.69) is 10.3 Å². The van der Waals surface area contributed by atoms with Gasteiger partial charge in [-0.3, -0.25) is 0 Å². The first kappa shape index (κ1) is 24.5. The van der Waals surface area contributed by atoms with Crippen LogP contribution >= 0.6 is 0 Å². The van der Waals surface area contributed by atoms with Crippen LogP contribution in [0.3, 0.4) is 0 Å². The second kappa shape index (κ2) is 11.1. The van der Waals surface area contributed by atoms with E-state index in [9.17, 15) is 17.6 Å². The summed E-state index contributed by atoms with van der Waals surface area (Å²) in [5.41, 5.74) is 0.524. The molecule has 1 aliphatic heterocycles. The van der Waals surface area contributed by atoms with Gasteiger partial charge in [0.05, 0.1) is 24.4 Å². The lowest BCUT2D eigenvalue weighted by molar-refractivity contribution is -0.138. The molecule has 1 saturated heterocycles. The van der Waals surface area contributed by atoms with Gasteiger partial charge < -0.3 is 14.8 Å². The molecule has 0 aliphatic carbocycles. The zero-order valence-corrected chi connectivity index (χ0v) is 18.5. The Morgan fingerprint density at radius 3 is 2.55 bits per heavy atom. The van der Waals surface area contributed by atoms with Crippen LogP contribution in [0.2, 0.25) is 0 Å². The highest BCUT2D eigenvalue weighted by Gasteiger charge is 2.35. The molecule has 0 amide bonds. The molecule has 8 heteroatoms. The minimum absolute atomic E-state index is 0.0532. The van der Waals surface area contributed by atoms with E-state index in [0.29, 0.717) is 22.7 Å². The Morgan fingerprint density at radius 2 is 1.94 bits per heavy atom. The number of alkyl halides is 3. The Bertz CT molecular complexity index is 1020. The molecule has 2 aromatic carbocycles. The Balaban J connectivity index is 1.80. The van der Waals surface area contributed by atoms with Crippen molar-refractivity contribution in [2.24, 2.45) is 4.99 Å². The van der Waals surface area contributed by atoms with Crippen molar-refractivity contribution in [2.75, 3.05) is 20.3 Å². The average molecular weight is 462 g/mol. The molecule has 176 valence electrons. The van der Waals surface area contributed by atoms with Crippen molar-refractivity contribution in [1.82, 2.24) is 5.32 Å². The molecule has 1 aliphatic rings. The highest BCUT2D eigenvalue weighted by molar-refractivity contribution is 5.88. The smallest absolute Gasteiger partial charge is 0.419 e. The van der Waals surface area contributed by atoms with Crippen LogP contribution in [0, 0.1) is 5.82 Å². The van der Waals surface area contributed by atoms with E-state index >= 15 is 0 Å². The van der Waals surface area contributed by atoms with E-state index in [1.165, 1.54) is 25.3 Å². The van der Waals surface area contributed by atoms with Crippen LogP contribution in [0.5, 0.6) is 5.75 Å². The van der Waals surface area contributed by atoms with Crippen LogP contribution < -0.4 is 10.1 Å². The van der Waals surface area contributed by atoms with Gasteiger partial charge in [0, 0.05) is 5.56 Å². The zero-order chi connectivity index (χ0) is 23.8. The van der Waals surface area contributed by atoms with Crippen LogP contribution in [-0.4, -0.2) is 32.2 Å². The van der Waals surface area contributed by atoms with Gasteiger partial charge in [-0.05, 0) is 68.3 Å². The lowest BCUT2D eigenvalue weighted by Crippen LogP contribution is -2.32. The lowest BCUT2D eigenvalue weighted by atomic mass is 10.1. The quantitative estimate of drug-likeness (QED) is 0.307. The molecule has 4 nitrogen and oxygen atoms in total. The van der Waals surface area contributed by atoms with E-state index in [1.807, 2.05) is 0 Å². The summed E-state index contributed by atoms with van der Waals surface area (Å²) in [6.07, 6.45) is 2.11. The van der Waals surface area contributed by atoms with Gasteiger partial charge in [0.15, 0.2) is 0 Å². The van der Waals surface area contributed by atoms with Gasteiger partial charge in [-0.2, -0.15) is 13.2 Å². The number of hydrogen-bond acceptors (Lipinski definition) is 4. The highest BCUT2D eigenvalue weighted by Crippen LogP contribution is 2.38. The SMILES string of the molecule is C/C=C(\N=C(OC)C1CCCN1)c1ccc(OC/C=C/c2ccc(F)cc2)c(C(F)(F)F)c1. The highest BCUT2D eigenvalue weighted by atomic mass is 19.4. The predicted molar refractivity (Wildman–Crippen MR) is 121 cm³/mol. The second-order valence-corrected chi connectivity index (χ2v) is 7.45. The number of hydrogen-bond donors (Lipinski definition) is 1. The van der Waals surface area contributed by atoms with Gasteiger partial charge in [0.1, 0.15) is 18.2 Å². The van der Waals surface area contributed by atoms with Gasteiger partial charge in [0.25, 0.3) is 0 Å². The third-order valence-electron chi connectivity index (χ3n) is 5.17. The molecule has 1 heterocycles. The number of rotatable bonds is 7. The van der Waals surface area contributed by atoms with E-state index in [0.717, 1.165) is 25.5 Å². The number of benzene rings is 2. The summed E-state index contributed by atoms with van der Waals surface area (Å²) in [6, 6.07) is 9.56. The first-order chi connectivity index (χ1) is 15.8. The molecule has 0 bridgehead atoms. The van der Waals surface area contributed by atoms with Crippen molar-refractivity contribution in [1.29, 1.82) is 0 Å². The lowest BCUT2D eigenvalue weighted by Gasteiger charge is -2.16. The molecule has 0 saturated carbocycles. The van der Waals surface area contributed by atoms with E-state index in [-0.39, 0.29) is 24.2 Å². The molecule has 1 fully saturated rings. The fourth-order valence-electron chi connectivity index (χ4n) is 3.51. The number of allylic oxidation sites excluding steroid dienone is 1. The minimum Gasteiger partial charge on any atom is -0.489 e. The maximum absolute atomic E-state index is 13.8. The average Bonchev–Trinajstić information content (AvgIpc) is 3.33. The molecule has 2 aromatic rings. The maximum Gasteiger partial charge on any atom is 0.419 e. The summed E-state index contributed by atoms with van der Waals surface area (Å²) >= 11 is 0. The Hall–Kier alpha value is -3.13. The number of nitrogens with one attached hydrogen (secondary N) is 1. The van der Waals surface area contributed by atoms with Crippen LogP contribution in [0.25, 0.3) is 11.8 Å². The Morgan fingerprint density at radius 1 is 1.18 bits per heavy atom. The predicted octanol–water partition coefficient (Wildman–Crippen LogP) is 6.09. The largest absolute Gasteiger partial charge is 0.489 e. The number of halogens is 4. The molecule has 33 heavy (non-hydrogen) atoms. The summed E-state index contributed by atoms with van der Waals surface area (Å²) in [7, 11) is 1.50. The normalized spacial score (nSPS) is 17.6. The molecular weight excluding hydrogens is 436 g/mol. The van der Waals surface area contributed by atoms with E-state index in [1.54, 1.807) is 43.4 Å². The van der Waals surface area contributed by atoms with Crippen molar-refractivity contribution in [2.45, 2.75) is 32.0 Å². The van der Waals surface area contributed by atoms with Gasteiger partial charge in [-0.25, -0.2) is 9.38 Å². The van der Waals surface area contributed by atoms with Crippen molar-refractivity contribution < 1.29 is 27.0 Å². The molecule has 0 aromatic heterocycles. The van der Waals surface area contributed by atoms with Crippen LogP contribution in [0.15, 0.2) is 59.6 Å². The molecule has 0 spiro atoms. The molecule has 0 radical (unpaired) electrons. The van der Waals surface area contributed by atoms with Crippen molar-refractivity contribution in [3.05, 3.63) is 77.1 Å². The van der Waals surface area contributed by atoms with Crippen molar-refractivity contribution in [3.63, 3.8) is 0 Å². The first-order valence-electron chi connectivity index (χ1n) is 10.6. The summed E-state index contributed by atoms with van der Waals surface area (Å²) < 4.78 is 65.0. The standard InChI is InChI=1S/C25H26F4N2O2/c1-3-21(31-24(32-2)22-7-4-14-30-22)18-10-13-23(20(16-18)25(27,28)29)33-15-5-6-17-8-11-19(26)12-9-17/h3,5-6,8-13,16,22,30H,4,7,14-15H2,1-2H3/b6-5+,21-3-,31-24?. The monoisotopic (exact) mass is 462 g/mol. The molecule has 1 unspecified atom stereocenters. The van der Waals surface area contributed by atoms with E-state index in [4.69, 9.17) is 9.47 Å². The second-order valence-electron chi connectivity index (χ2n) is 7.45. The topological polar surface area (TPSA) is 42.8 Å². The summed E-state index contributed by atoms with van der Waals surface area (Å²) in [4.78, 5) is 4.48. The molecule has 1 atom stereocenters. The fraction of sp³-hybridized carbons (Fsp3) is 0.320. The zero-order valence-electron chi connectivity index (χ0n) is 18.5. The third-order valence-corrected chi connectivity index (χ3v) is 5.17. The number of nitrogens with zero attached hydrogens (tertiary/aromatic N) is 1. The Labute approximate surface area is 190 Å². The van der Waals surface area contributed by atoms with E-state index < -0.39 is 11.7 Å². The van der Waals surface area contributed by atoms with Crippen molar-refractivity contribution in [3.8, 4) is 5.75 Å². The van der Waals surface area contributed by atoms with Gasteiger partial charge in [0.2, 0.25) is 5.90 Å². The number of aliphatic imine (C=N–C) groups is 1. The van der Waals surface area contributed by atoms with Gasteiger partial charge in [-0.15, -0.1) is 0 Å². The van der Waals surface area contributed by atoms with Gasteiger partial charge in [-0.1, -0.05) is 24.3 Å². The Kier molecular flexibility index (Phi) is 8.27. The number of ether oxygens (including phenoxy) is 2. The minimum atomic E-state index is -4.61. The summed E-state index contributed by atoms with van der Waals surface area (Å²) in [5, 5.41) is 3.27. The third kappa shape index (κ3) is 6.68. The van der Waals surface area contributed by atoms with Crippen LogP contribution in [0.4, 0.5) is 17.6 Å². The molecular formula is C25H26F4N2O2. The molecule has 3 rings (SSSR count). The van der Waals surface area contributed by atoms with Gasteiger partial charge >= 0.3 is 6.18 Å². The maximum atomic E-state index is 13.8. The molecule has 1 N–H and O–H groups in total. The van der Waals surface area contributed by atoms with Crippen molar-refractivity contribution >= 4 is 17.7 Å². The number of methoxy groups -OCH3 is 1. The summed E-state index contributed by atoms with van der Waals surface area (Å²) in [6.45, 7) is 2.49.